The van der Waals surface area contributed by atoms with Crippen molar-refractivity contribution in [2.45, 2.75) is 26.8 Å². The summed E-state index contributed by atoms with van der Waals surface area (Å²) in [5, 5.41) is 8.10. The van der Waals surface area contributed by atoms with Gasteiger partial charge in [0, 0.05) is 12.2 Å². The maximum atomic E-state index is 12.1. The molecule has 2 rings (SSSR count). The third-order valence-electron chi connectivity index (χ3n) is 3.68. The van der Waals surface area contributed by atoms with Gasteiger partial charge in [0.2, 0.25) is 5.91 Å². The topological polar surface area (TPSA) is 70.2 Å². The highest BCUT2D eigenvalue weighted by Crippen LogP contribution is 2.21. The van der Waals surface area contributed by atoms with Crippen LogP contribution in [-0.4, -0.2) is 24.5 Å². The van der Waals surface area contributed by atoms with Crippen LogP contribution in [0.5, 0.6) is 0 Å². The lowest BCUT2D eigenvalue weighted by molar-refractivity contribution is -0.120. The zero-order chi connectivity index (χ0) is 18.2. The molecule has 0 radical (unpaired) electrons. The lowest BCUT2D eigenvalue weighted by atomic mass is 10.1. The van der Waals surface area contributed by atoms with Gasteiger partial charge < -0.3 is 10.6 Å². The molecule has 0 fully saturated rings. The van der Waals surface area contributed by atoms with Crippen molar-refractivity contribution in [1.29, 1.82) is 0 Å². The molecule has 1 unspecified atom stereocenters. The highest BCUT2D eigenvalue weighted by atomic mass is 16.2. The first-order chi connectivity index (χ1) is 12.0. The minimum atomic E-state index is -0.521. The highest BCUT2D eigenvalue weighted by Gasteiger charge is 2.15. The third-order valence-corrected chi connectivity index (χ3v) is 3.68. The van der Waals surface area contributed by atoms with Crippen LogP contribution in [0.25, 0.3) is 11.1 Å². The van der Waals surface area contributed by atoms with Crippen molar-refractivity contribution in [3.8, 4) is 11.1 Å². The van der Waals surface area contributed by atoms with Crippen LogP contribution in [0.3, 0.4) is 0 Å². The summed E-state index contributed by atoms with van der Waals surface area (Å²) in [6.07, 6.45) is 0. The lowest BCUT2D eigenvalue weighted by Gasteiger charge is -2.16. The summed E-state index contributed by atoms with van der Waals surface area (Å²) in [5.74, 6) is -0.0343. The molecule has 0 aliphatic carbocycles. The molecule has 5 nitrogen and oxygen atoms in total. The molecule has 0 heterocycles. The van der Waals surface area contributed by atoms with Crippen LogP contribution in [-0.2, 0) is 4.79 Å². The van der Waals surface area contributed by atoms with Crippen molar-refractivity contribution in [1.82, 2.24) is 10.6 Å². The van der Waals surface area contributed by atoms with E-state index in [0.717, 1.165) is 16.8 Å². The maximum Gasteiger partial charge on any atom is 0.321 e. The summed E-state index contributed by atoms with van der Waals surface area (Å²) in [7, 11) is 0. The van der Waals surface area contributed by atoms with Crippen LogP contribution in [0, 0.1) is 5.92 Å². The summed E-state index contributed by atoms with van der Waals surface area (Å²) in [6, 6.07) is 16.9. The van der Waals surface area contributed by atoms with E-state index < -0.39 is 12.1 Å². The van der Waals surface area contributed by atoms with Crippen LogP contribution in [0.1, 0.15) is 20.8 Å². The Morgan fingerprint density at radius 1 is 0.880 bits per heavy atom. The Kier molecular flexibility index (Phi) is 6.57. The number of benzene rings is 2. The molecule has 0 aliphatic heterocycles. The first-order valence-electron chi connectivity index (χ1n) is 8.46. The van der Waals surface area contributed by atoms with E-state index in [1.165, 1.54) is 0 Å². The Balaban J connectivity index is 1.88. The number of carbonyl (C=O) groups is 2. The quantitative estimate of drug-likeness (QED) is 0.752. The second-order valence-corrected chi connectivity index (χ2v) is 6.40. The summed E-state index contributed by atoms with van der Waals surface area (Å²) < 4.78 is 0. The molecule has 0 aliphatic rings. The molecule has 2 aromatic carbocycles. The molecule has 2 aromatic rings. The molecular formula is C20H25N3O2. The molecule has 0 aromatic heterocycles. The van der Waals surface area contributed by atoms with E-state index in [9.17, 15) is 9.59 Å². The predicted molar refractivity (Wildman–Crippen MR) is 101 cm³/mol. The fraction of sp³-hybridized carbons (Fsp3) is 0.300. The van der Waals surface area contributed by atoms with E-state index in [-0.39, 0.29) is 5.91 Å². The highest BCUT2D eigenvalue weighted by molar-refractivity contribution is 5.98. The van der Waals surface area contributed by atoms with Gasteiger partial charge in [0.1, 0.15) is 6.04 Å². The molecule has 3 N–H and O–H groups in total. The number of urea groups is 1. The van der Waals surface area contributed by atoms with Crippen LogP contribution in [0.2, 0.25) is 0 Å². The number of nitrogens with one attached hydrogen (secondary N) is 3. The minimum Gasteiger partial charge on any atom is -0.374 e. The van der Waals surface area contributed by atoms with Gasteiger partial charge in [-0.3, -0.25) is 10.1 Å². The summed E-state index contributed by atoms with van der Waals surface area (Å²) in [6.45, 7) is 6.23. The zero-order valence-electron chi connectivity index (χ0n) is 14.9. The number of anilines is 1. The van der Waals surface area contributed by atoms with Crippen molar-refractivity contribution in [2.24, 2.45) is 5.92 Å². The number of carbonyl (C=O) groups excluding carboxylic acids is 2. The van der Waals surface area contributed by atoms with Gasteiger partial charge in [-0.05, 0) is 36.1 Å². The first kappa shape index (κ1) is 18.5. The van der Waals surface area contributed by atoms with Crippen molar-refractivity contribution in [2.75, 3.05) is 11.9 Å². The summed E-state index contributed by atoms with van der Waals surface area (Å²) in [4.78, 5) is 23.7. The predicted octanol–water partition coefficient (Wildman–Crippen LogP) is 3.64. The van der Waals surface area contributed by atoms with Gasteiger partial charge in [-0.25, -0.2) is 4.79 Å². The van der Waals surface area contributed by atoms with Crippen LogP contribution in [0.4, 0.5) is 10.5 Å². The standard InChI is InChI=1S/C20H25N3O2/c1-14(2)13-21-20(25)23-19(24)15(3)22-18-11-9-17(10-12-18)16-7-5-4-6-8-16/h4-12,14-15,22H,13H2,1-3H3,(H2,21,23,24,25). The fourth-order valence-corrected chi connectivity index (χ4v) is 2.27. The number of imide groups is 1. The second-order valence-electron chi connectivity index (χ2n) is 6.40. The van der Waals surface area contributed by atoms with Crippen molar-refractivity contribution >= 4 is 17.6 Å². The average Bonchev–Trinajstić information content (AvgIpc) is 2.61. The molecule has 0 spiro atoms. The number of amides is 3. The number of rotatable bonds is 6. The molecular weight excluding hydrogens is 314 g/mol. The van der Waals surface area contributed by atoms with E-state index >= 15 is 0 Å². The number of hydrogen-bond donors (Lipinski definition) is 3. The van der Waals surface area contributed by atoms with E-state index in [1.54, 1.807) is 6.92 Å². The molecule has 1 atom stereocenters. The van der Waals surface area contributed by atoms with Gasteiger partial charge in [0.25, 0.3) is 0 Å². The van der Waals surface area contributed by atoms with Gasteiger partial charge in [0.05, 0.1) is 0 Å². The molecule has 0 saturated heterocycles. The van der Waals surface area contributed by atoms with Crippen molar-refractivity contribution < 1.29 is 9.59 Å². The van der Waals surface area contributed by atoms with Gasteiger partial charge in [-0.2, -0.15) is 0 Å². The smallest absolute Gasteiger partial charge is 0.321 e. The number of hydrogen-bond acceptors (Lipinski definition) is 3. The Bertz CT molecular complexity index is 697. The van der Waals surface area contributed by atoms with Gasteiger partial charge in [0.15, 0.2) is 0 Å². The van der Waals surface area contributed by atoms with Crippen LogP contribution in [0.15, 0.2) is 54.6 Å². The van der Waals surface area contributed by atoms with Crippen LogP contribution >= 0.6 is 0 Å². The van der Waals surface area contributed by atoms with E-state index in [4.69, 9.17) is 0 Å². The first-order valence-corrected chi connectivity index (χ1v) is 8.46. The van der Waals surface area contributed by atoms with Gasteiger partial charge >= 0.3 is 6.03 Å². The normalized spacial score (nSPS) is 11.7. The zero-order valence-corrected chi connectivity index (χ0v) is 14.9. The molecule has 25 heavy (non-hydrogen) atoms. The van der Waals surface area contributed by atoms with Gasteiger partial charge in [-0.15, -0.1) is 0 Å². The molecule has 132 valence electrons. The van der Waals surface area contributed by atoms with E-state index in [1.807, 2.05) is 68.4 Å². The van der Waals surface area contributed by atoms with Gasteiger partial charge in [-0.1, -0.05) is 56.3 Å². The van der Waals surface area contributed by atoms with Crippen molar-refractivity contribution in [3.63, 3.8) is 0 Å². The monoisotopic (exact) mass is 339 g/mol. The molecule has 0 saturated carbocycles. The SMILES string of the molecule is CC(C)CNC(=O)NC(=O)C(C)Nc1ccc(-c2ccccc2)cc1. The third kappa shape index (κ3) is 5.95. The van der Waals surface area contributed by atoms with Crippen molar-refractivity contribution in [3.05, 3.63) is 54.6 Å². The molecule has 5 heteroatoms. The summed E-state index contributed by atoms with van der Waals surface area (Å²) in [5.41, 5.74) is 3.07. The molecule has 0 bridgehead atoms. The second kappa shape index (κ2) is 8.87. The Morgan fingerprint density at radius 3 is 2.08 bits per heavy atom. The average molecular weight is 339 g/mol. The Hall–Kier alpha value is -2.82. The van der Waals surface area contributed by atoms with E-state index in [0.29, 0.717) is 12.5 Å². The summed E-state index contributed by atoms with van der Waals surface area (Å²) >= 11 is 0. The Labute approximate surface area is 148 Å². The Morgan fingerprint density at radius 2 is 1.48 bits per heavy atom. The maximum absolute atomic E-state index is 12.1. The minimum absolute atomic E-state index is 0.333. The van der Waals surface area contributed by atoms with E-state index in [2.05, 4.69) is 16.0 Å². The van der Waals surface area contributed by atoms with Crippen LogP contribution < -0.4 is 16.0 Å². The lowest BCUT2D eigenvalue weighted by Crippen LogP contribution is -2.46. The molecule has 3 amide bonds. The fourth-order valence-electron chi connectivity index (χ4n) is 2.27. The largest absolute Gasteiger partial charge is 0.374 e.